The van der Waals surface area contributed by atoms with Crippen molar-refractivity contribution in [2.75, 3.05) is 29.9 Å². The number of methoxy groups -OCH3 is 1. The fourth-order valence-electron chi connectivity index (χ4n) is 3.90. The molecule has 1 amide bonds. The highest BCUT2D eigenvalue weighted by Gasteiger charge is 2.29. The highest BCUT2D eigenvalue weighted by Crippen LogP contribution is 2.33. The molecule has 3 aromatic rings. The van der Waals surface area contributed by atoms with Gasteiger partial charge in [0.2, 0.25) is 0 Å². The molecule has 0 saturated heterocycles. The first-order valence-corrected chi connectivity index (χ1v) is 12.1. The largest absolute Gasteiger partial charge is 0.495 e. The van der Waals surface area contributed by atoms with Crippen LogP contribution >= 0.6 is 0 Å². The maximum absolute atomic E-state index is 13.4. The van der Waals surface area contributed by atoms with Crippen molar-refractivity contribution < 1.29 is 22.7 Å². The van der Waals surface area contributed by atoms with E-state index >= 15 is 0 Å². The number of benzene rings is 3. The Kier molecular flexibility index (Phi) is 6.55. The zero-order valence-electron chi connectivity index (χ0n) is 18.6. The van der Waals surface area contributed by atoms with Crippen molar-refractivity contribution in [2.24, 2.45) is 0 Å². The van der Waals surface area contributed by atoms with Crippen LogP contribution in [0.3, 0.4) is 0 Å². The van der Waals surface area contributed by atoms with Gasteiger partial charge in [0, 0.05) is 6.54 Å². The van der Waals surface area contributed by atoms with Crippen molar-refractivity contribution in [3.05, 3.63) is 77.9 Å². The molecule has 33 heavy (non-hydrogen) atoms. The molecule has 0 aliphatic carbocycles. The van der Waals surface area contributed by atoms with Gasteiger partial charge in [-0.2, -0.15) is 0 Å². The SMILES string of the molecule is COc1ccccc1NC(=O)COc1ccc(S(=O)(=O)N2CCCc3ccccc32)cc1C. The van der Waals surface area contributed by atoms with Gasteiger partial charge < -0.3 is 14.8 Å². The molecule has 3 aromatic carbocycles. The third kappa shape index (κ3) is 4.80. The van der Waals surface area contributed by atoms with E-state index in [-0.39, 0.29) is 17.4 Å². The molecule has 1 aliphatic heterocycles. The van der Waals surface area contributed by atoms with Gasteiger partial charge in [-0.3, -0.25) is 9.10 Å². The molecule has 0 atom stereocenters. The minimum atomic E-state index is -3.71. The fourth-order valence-corrected chi connectivity index (χ4v) is 5.52. The first-order valence-electron chi connectivity index (χ1n) is 10.7. The third-order valence-electron chi connectivity index (χ3n) is 5.54. The summed E-state index contributed by atoms with van der Waals surface area (Å²) in [5.74, 6) is 0.652. The van der Waals surface area contributed by atoms with Crippen LogP contribution in [-0.2, 0) is 21.2 Å². The zero-order chi connectivity index (χ0) is 23.4. The van der Waals surface area contributed by atoms with Crippen molar-refractivity contribution in [2.45, 2.75) is 24.7 Å². The molecule has 8 heteroatoms. The number of carbonyl (C=O) groups excluding carboxylic acids is 1. The maximum atomic E-state index is 13.4. The molecule has 7 nitrogen and oxygen atoms in total. The molecule has 0 bridgehead atoms. The lowest BCUT2D eigenvalue weighted by Crippen LogP contribution is -2.35. The van der Waals surface area contributed by atoms with Crippen LogP contribution in [0.15, 0.2) is 71.6 Å². The number of anilines is 2. The van der Waals surface area contributed by atoms with Gasteiger partial charge >= 0.3 is 0 Å². The molecule has 1 heterocycles. The Morgan fingerprint density at radius 3 is 2.58 bits per heavy atom. The lowest BCUT2D eigenvalue weighted by Gasteiger charge is -2.30. The van der Waals surface area contributed by atoms with Crippen molar-refractivity contribution in [1.29, 1.82) is 0 Å². The molecule has 172 valence electrons. The van der Waals surface area contributed by atoms with E-state index in [0.717, 1.165) is 24.1 Å². The van der Waals surface area contributed by atoms with Crippen LogP contribution in [0.25, 0.3) is 0 Å². The summed E-state index contributed by atoms with van der Waals surface area (Å²) < 4.78 is 39.1. The lowest BCUT2D eigenvalue weighted by molar-refractivity contribution is -0.118. The number of aryl methyl sites for hydroxylation is 2. The second kappa shape index (κ2) is 9.54. The lowest BCUT2D eigenvalue weighted by atomic mass is 10.0. The van der Waals surface area contributed by atoms with Crippen molar-refractivity contribution in [1.82, 2.24) is 0 Å². The van der Waals surface area contributed by atoms with Gasteiger partial charge in [-0.25, -0.2) is 8.42 Å². The summed E-state index contributed by atoms with van der Waals surface area (Å²) in [5, 5.41) is 2.75. The summed E-state index contributed by atoms with van der Waals surface area (Å²) >= 11 is 0. The van der Waals surface area contributed by atoms with E-state index in [0.29, 0.717) is 29.3 Å². The minimum absolute atomic E-state index is 0.197. The first kappa shape index (κ1) is 22.7. The van der Waals surface area contributed by atoms with Crippen LogP contribution in [0.2, 0.25) is 0 Å². The molecule has 0 unspecified atom stereocenters. The maximum Gasteiger partial charge on any atom is 0.264 e. The normalized spacial score (nSPS) is 13.2. The summed E-state index contributed by atoms with van der Waals surface area (Å²) in [4.78, 5) is 12.5. The summed E-state index contributed by atoms with van der Waals surface area (Å²) in [6.07, 6.45) is 1.64. The number of fused-ring (bicyclic) bond motifs is 1. The Balaban J connectivity index is 1.47. The molecular formula is C25H26N2O5S. The molecular weight excluding hydrogens is 440 g/mol. The summed E-state index contributed by atoms with van der Waals surface area (Å²) in [5.41, 5.74) is 2.94. The number of nitrogens with zero attached hydrogens (tertiary/aromatic N) is 1. The second-order valence-electron chi connectivity index (χ2n) is 7.77. The number of sulfonamides is 1. The van der Waals surface area contributed by atoms with E-state index in [2.05, 4.69) is 5.32 Å². The minimum Gasteiger partial charge on any atom is -0.495 e. The Labute approximate surface area is 194 Å². The Bertz CT molecular complexity index is 1270. The molecule has 1 N–H and O–H groups in total. The number of nitrogens with one attached hydrogen (secondary N) is 1. The van der Waals surface area contributed by atoms with Crippen molar-refractivity contribution >= 4 is 27.3 Å². The van der Waals surface area contributed by atoms with Gasteiger partial charge in [0.15, 0.2) is 6.61 Å². The smallest absolute Gasteiger partial charge is 0.264 e. The van der Waals surface area contributed by atoms with Crippen LogP contribution in [-0.4, -0.2) is 34.6 Å². The Morgan fingerprint density at radius 2 is 1.79 bits per heavy atom. The van der Waals surface area contributed by atoms with Gasteiger partial charge in [0.1, 0.15) is 11.5 Å². The number of rotatable bonds is 7. The highest BCUT2D eigenvalue weighted by molar-refractivity contribution is 7.92. The molecule has 0 aromatic heterocycles. The quantitative estimate of drug-likeness (QED) is 0.565. The average molecular weight is 467 g/mol. The van der Waals surface area contributed by atoms with E-state index < -0.39 is 10.0 Å². The number of para-hydroxylation sites is 3. The van der Waals surface area contributed by atoms with Crippen LogP contribution in [0.1, 0.15) is 17.5 Å². The van der Waals surface area contributed by atoms with Gasteiger partial charge in [-0.1, -0.05) is 30.3 Å². The molecule has 0 fully saturated rings. The van der Waals surface area contributed by atoms with Crippen LogP contribution < -0.4 is 19.1 Å². The topological polar surface area (TPSA) is 84.9 Å². The fraction of sp³-hybridized carbons (Fsp3) is 0.240. The molecule has 4 rings (SSSR count). The standard InChI is InChI=1S/C25H26N2O5S/c1-18-16-20(33(29,30)27-15-7-9-19-8-3-5-11-22(19)27)13-14-23(18)32-17-25(28)26-21-10-4-6-12-24(21)31-2/h3-6,8,10-14,16H,7,9,15,17H2,1-2H3,(H,26,28). The molecule has 0 radical (unpaired) electrons. The monoisotopic (exact) mass is 466 g/mol. The van der Waals surface area contributed by atoms with Gasteiger partial charge in [0.05, 0.1) is 23.4 Å². The number of hydrogen-bond acceptors (Lipinski definition) is 5. The summed E-state index contributed by atoms with van der Waals surface area (Å²) in [7, 11) is -2.18. The van der Waals surface area contributed by atoms with E-state index in [4.69, 9.17) is 9.47 Å². The number of amides is 1. The van der Waals surface area contributed by atoms with E-state index in [9.17, 15) is 13.2 Å². The van der Waals surface area contributed by atoms with Crippen molar-refractivity contribution in [3.8, 4) is 11.5 Å². The summed E-state index contributed by atoms with van der Waals surface area (Å²) in [6, 6.07) is 19.4. The number of hydrogen-bond donors (Lipinski definition) is 1. The first-order chi connectivity index (χ1) is 15.9. The van der Waals surface area contributed by atoms with E-state index in [1.807, 2.05) is 30.3 Å². The predicted octanol–water partition coefficient (Wildman–Crippen LogP) is 4.16. The Morgan fingerprint density at radius 1 is 1.03 bits per heavy atom. The highest BCUT2D eigenvalue weighted by atomic mass is 32.2. The number of carbonyl (C=O) groups is 1. The Hall–Kier alpha value is -3.52. The van der Waals surface area contributed by atoms with Crippen LogP contribution in [0.5, 0.6) is 11.5 Å². The van der Waals surface area contributed by atoms with Gasteiger partial charge in [0.25, 0.3) is 15.9 Å². The van der Waals surface area contributed by atoms with Gasteiger partial charge in [-0.05, 0) is 67.3 Å². The summed E-state index contributed by atoms with van der Waals surface area (Å²) in [6.45, 7) is 1.99. The predicted molar refractivity (Wildman–Crippen MR) is 128 cm³/mol. The van der Waals surface area contributed by atoms with Gasteiger partial charge in [-0.15, -0.1) is 0 Å². The number of ether oxygens (including phenoxy) is 2. The van der Waals surface area contributed by atoms with Crippen molar-refractivity contribution in [3.63, 3.8) is 0 Å². The molecule has 0 spiro atoms. The molecule has 0 saturated carbocycles. The molecule has 1 aliphatic rings. The van der Waals surface area contributed by atoms with Crippen LogP contribution in [0.4, 0.5) is 11.4 Å². The van der Waals surface area contributed by atoms with E-state index in [1.165, 1.54) is 17.5 Å². The third-order valence-corrected chi connectivity index (χ3v) is 7.35. The second-order valence-corrected chi connectivity index (χ2v) is 9.64. The zero-order valence-corrected chi connectivity index (χ0v) is 19.4. The van der Waals surface area contributed by atoms with Crippen LogP contribution in [0, 0.1) is 6.92 Å². The van der Waals surface area contributed by atoms with E-state index in [1.54, 1.807) is 37.3 Å². The average Bonchev–Trinajstić information content (AvgIpc) is 2.83.